The van der Waals surface area contributed by atoms with Crippen LogP contribution in [0.25, 0.3) is 11.7 Å². The van der Waals surface area contributed by atoms with Crippen LogP contribution in [0.2, 0.25) is 0 Å². The maximum Gasteiger partial charge on any atom is 0.269 e. The van der Waals surface area contributed by atoms with Crippen molar-refractivity contribution in [2.24, 2.45) is 0 Å². The van der Waals surface area contributed by atoms with Crippen LogP contribution in [-0.4, -0.2) is 21.8 Å². The number of hydrogen-bond donors (Lipinski definition) is 1. The number of ether oxygens (including phenoxy) is 1. The van der Waals surface area contributed by atoms with E-state index in [1.807, 2.05) is 25.1 Å². The number of benzene rings is 1. The first kappa shape index (κ1) is 19.6. The van der Waals surface area contributed by atoms with Crippen molar-refractivity contribution >= 4 is 17.6 Å². The first-order valence-electron chi connectivity index (χ1n) is 8.81. The fraction of sp³-hybridized carbons (Fsp3) is 0.0909. The van der Waals surface area contributed by atoms with Crippen molar-refractivity contribution in [3.05, 3.63) is 88.4 Å². The van der Waals surface area contributed by atoms with E-state index in [4.69, 9.17) is 4.74 Å². The minimum atomic E-state index is -0.619. The Kier molecular flexibility index (Phi) is 5.85. The quantitative estimate of drug-likeness (QED) is 0.399. The molecule has 0 spiro atoms. The van der Waals surface area contributed by atoms with Gasteiger partial charge >= 0.3 is 0 Å². The van der Waals surface area contributed by atoms with Crippen LogP contribution in [0.5, 0.6) is 11.6 Å². The fourth-order valence-corrected chi connectivity index (χ4v) is 2.65. The second-order valence-corrected chi connectivity index (χ2v) is 6.10. The van der Waals surface area contributed by atoms with Gasteiger partial charge in [-0.1, -0.05) is 30.3 Å². The summed E-state index contributed by atoms with van der Waals surface area (Å²) in [6, 6.07) is 14.2. The summed E-state index contributed by atoms with van der Waals surface area (Å²) in [5.74, 6) is -0.131. The van der Waals surface area contributed by atoms with Crippen LogP contribution in [0.1, 0.15) is 11.1 Å². The number of nitrogens with zero attached hydrogens (tertiary/aromatic N) is 3. The number of aryl methyl sites for hydroxylation is 1. The van der Waals surface area contributed by atoms with Gasteiger partial charge in [0.1, 0.15) is 28.6 Å². The molecule has 1 N–H and O–H groups in total. The number of carbonyl (C=O) groups is 1. The van der Waals surface area contributed by atoms with E-state index < -0.39 is 11.5 Å². The van der Waals surface area contributed by atoms with E-state index >= 15 is 0 Å². The lowest BCUT2D eigenvalue weighted by Gasteiger charge is -2.11. The highest BCUT2D eigenvalue weighted by molar-refractivity contribution is 6.02. The van der Waals surface area contributed by atoms with Gasteiger partial charge in [-0.15, -0.1) is 6.58 Å². The largest absolute Gasteiger partial charge is 0.438 e. The Bertz CT molecular complexity index is 1200. The molecular weight excluding hydrogens is 368 g/mol. The zero-order chi connectivity index (χ0) is 20.8. The highest BCUT2D eigenvalue weighted by Crippen LogP contribution is 2.24. The lowest BCUT2D eigenvalue weighted by atomic mass is 10.1. The van der Waals surface area contributed by atoms with E-state index in [2.05, 4.69) is 16.9 Å². The number of nitriles is 1. The third-order valence-electron chi connectivity index (χ3n) is 4.07. The second kappa shape index (κ2) is 8.67. The molecule has 0 aliphatic heterocycles. The van der Waals surface area contributed by atoms with E-state index in [-0.39, 0.29) is 23.6 Å². The molecular formula is C22H18N4O3. The van der Waals surface area contributed by atoms with Crippen LogP contribution < -0.4 is 15.6 Å². The molecule has 0 saturated heterocycles. The molecule has 0 bridgehead atoms. The number of hydrogen-bond acceptors (Lipinski definition) is 5. The summed E-state index contributed by atoms with van der Waals surface area (Å²) in [6.07, 6.45) is 4.26. The Hall–Kier alpha value is -4.18. The van der Waals surface area contributed by atoms with Gasteiger partial charge < -0.3 is 10.1 Å². The maximum atomic E-state index is 13.1. The van der Waals surface area contributed by atoms with Crippen molar-refractivity contribution < 1.29 is 9.53 Å². The van der Waals surface area contributed by atoms with Crippen molar-refractivity contribution in [3.63, 3.8) is 0 Å². The van der Waals surface area contributed by atoms with Gasteiger partial charge in [0, 0.05) is 12.7 Å². The molecule has 7 heteroatoms. The van der Waals surface area contributed by atoms with E-state index in [0.29, 0.717) is 11.4 Å². The number of aromatic nitrogens is 2. The Morgan fingerprint density at radius 2 is 2.07 bits per heavy atom. The molecule has 1 amide bonds. The molecule has 0 aliphatic carbocycles. The fourth-order valence-electron chi connectivity index (χ4n) is 2.65. The van der Waals surface area contributed by atoms with E-state index in [9.17, 15) is 14.9 Å². The van der Waals surface area contributed by atoms with Gasteiger partial charge in [-0.2, -0.15) is 10.2 Å². The summed E-state index contributed by atoms with van der Waals surface area (Å²) in [5, 5.41) is 11.9. The molecule has 0 unspecified atom stereocenters. The van der Waals surface area contributed by atoms with Crippen LogP contribution in [0.3, 0.4) is 0 Å². The van der Waals surface area contributed by atoms with Crippen LogP contribution >= 0.6 is 0 Å². The van der Waals surface area contributed by atoms with E-state index in [1.165, 1.54) is 16.6 Å². The molecule has 3 aromatic rings. The third-order valence-corrected chi connectivity index (χ3v) is 4.07. The number of para-hydroxylation sites is 1. The van der Waals surface area contributed by atoms with E-state index in [1.54, 1.807) is 36.5 Å². The number of rotatable bonds is 6. The summed E-state index contributed by atoms with van der Waals surface area (Å²) in [5.41, 5.74) is 0.518. The number of pyridine rings is 1. The molecule has 2 aromatic heterocycles. The van der Waals surface area contributed by atoms with Crippen molar-refractivity contribution in [1.82, 2.24) is 14.7 Å². The lowest BCUT2D eigenvalue weighted by Crippen LogP contribution is -2.25. The van der Waals surface area contributed by atoms with Gasteiger partial charge in [0.2, 0.25) is 5.88 Å². The van der Waals surface area contributed by atoms with Crippen molar-refractivity contribution in [3.8, 4) is 17.7 Å². The van der Waals surface area contributed by atoms with Gasteiger partial charge in [0.15, 0.2) is 0 Å². The number of amides is 1. The van der Waals surface area contributed by atoms with Gasteiger partial charge in [0.25, 0.3) is 11.5 Å². The standard InChI is InChI=1S/C22H18N4O3/c1-3-11-24-20(27)16(14-23)13-18-21(29-17-9-5-4-6-10-17)25-19-15(2)8-7-12-26(19)22(18)28/h3-10,12-13H,1,11H2,2H3,(H,24,27). The molecule has 0 aliphatic rings. The van der Waals surface area contributed by atoms with Gasteiger partial charge in [-0.25, -0.2) is 0 Å². The molecule has 0 saturated carbocycles. The second-order valence-electron chi connectivity index (χ2n) is 6.10. The molecule has 0 atom stereocenters. The van der Waals surface area contributed by atoms with Crippen molar-refractivity contribution in [1.29, 1.82) is 5.26 Å². The number of carbonyl (C=O) groups excluding carboxylic acids is 1. The maximum absolute atomic E-state index is 13.1. The average Bonchev–Trinajstić information content (AvgIpc) is 2.73. The molecule has 0 fully saturated rings. The third kappa shape index (κ3) is 4.22. The van der Waals surface area contributed by atoms with Gasteiger partial charge in [-0.3, -0.25) is 14.0 Å². The Morgan fingerprint density at radius 1 is 1.31 bits per heavy atom. The summed E-state index contributed by atoms with van der Waals surface area (Å²) in [6.45, 7) is 5.54. The Labute approximate surface area is 167 Å². The highest BCUT2D eigenvalue weighted by atomic mass is 16.5. The first-order chi connectivity index (χ1) is 14.0. The molecule has 29 heavy (non-hydrogen) atoms. The van der Waals surface area contributed by atoms with Crippen LogP contribution in [0.4, 0.5) is 0 Å². The van der Waals surface area contributed by atoms with Gasteiger partial charge in [0.05, 0.1) is 0 Å². The zero-order valence-electron chi connectivity index (χ0n) is 15.8. The Morgan fingerprint density at radius 3 is 2.76 bits per heavy atom. The highest BCUT2D eigenvalue weighted by Gasteiger charge is 2.17. The van der Waals surface area contributed by atoms with Crippen LogP contribution in [0.15, 0.2) is 71.7 Å². The predicted molar refractivity (Wildman–Crippen MR) is 110 cm³/mol. The summed E-state index contributed by atoms with van der Waals surface area (Å²) in [7, 11) is 0. The normalized spacial score (nSPS) is 11.0. The summed E-state index contributed by atoms with van der Waals surface area (Å²) < 4.78 is 7.19. The monoisotopic (exact) mass is 386 g/mol. The molecule has 1 aromatic carbocycles. The number of nitrogens with one attached hydrogen (secondary N) is 1. The number of fused-ring (bicyclic) bond motifs is 1. The predicted octanol–water partition coefficient (Wildman–Crippen LogP) is 3.00. The van der Waals surface area contributed by atoms with Crippen molar-refractivity contribution in [2.45, 2.75) is 6.92 Å². The van der Waals surface area contributed by atoms with Gasteiger partial charge in [-0.05, 0) is 36.8 Å². The Balaban J connectivity index is 2.21. The lowest BCUT2D eigenvalue weighted by molar-refractivity contribution is -0.116. The van der Waals surface area contributed by atoms with E-state index in [0.717, 1.165) is 5.56 Å². The molecule has 2 heterocycles. The summed E-state index contributed by atoms with van der Waals surface area (Å²) >= 11 is 0. The minimum Gasteiger partial charge on any atom is -0.438 e. The SMILES string of the molecule is C=CCNC(=O)C(C#N)=Cc1c(Oc2ccccc2)nc2c(C)cccn2c1=O. The zero-order valence-corrected chi connectivity index (χ0v) is 15.8. The smallest absolute Gasteiger partial charge is 0.269 e. The molecule has 144 valence electrons. The topological polar surface area (TPSA) is 96.5 Å². The van der Waals surface area contributed by atoms with Crippen LogP contribution in [-0.2, 0) is 4.79 Å². The molecule has 0 radical (unpaired) electrons. The first-order valence-corrected chi connectivity index (χ1v) is 8.81. The molecule has 7 nitrogen and oxygen atoms in total. The molecule has 3 rings (SSSR count). The minimum absolute atomic E-state index is 0.00209. The summed E-state index contributed by atoms with van der Waals surface area (Å²) in [4.78, 5) is 29.8. The van der Waals surface area contributed by atoms with Crippen molar-refractivity contribution in [2.75, 3.05) is 6.54 Å². The van der Waals surface area contributed by atoms with Crippen LogP contribution in [0, 0.1) is 18.3 Å². The average molecular weight is 386 g/mol.